The molecule has 4 nitrogen and oxygen atoms in total. The van der Waals surface area contributed by atoms with Crippen LogP contribution in [0.3, 0.4) is 0 Å². The summed E-state index contributed by atoms with van der Waals surface area (Å²) in [6.07, 6.45) is 2.95. The highest BCUT2D eigenvalue weighted by atomic mass is 16.4. The maximum Gasteiger partial charge on any atom is 0.307 e. The second-order valence-corrected chi connectivity index (χ2v) is 5.52. The molecule has 0 aromatic heterocycles. The third kappa shape index (κ3) is 3.83. The average molecular weight is 275 g/mol. The molecule has 0 radical (unpaired) electrons. The average Bonchev–Trinajstić information content (AvgIpc) is 2.72. The van der Waals surface area contributed by atoms with Gasteiger partial charge in [0.2, 0.25) is 5.91 Å². The summed E-state index contributed by atoms with van der Waals surface area (Å²) in [7, 11) is 0. The second kappa shape index (κ2) is 6.55. The van der Waals surface area contributed by atoms with Crippen LogP contribution in [0.2, 0.25) is 0 Å². The lowest BCUT2D eigenvalue weighted by molar-refractivity contribution is -0.136. The first-order valence-electron chi connectivity index (χ1n) is 7.16. The summed E-state index contributed by atoms with van der Waals surface area (Å²) < 4.78 is 0. The van der Waals surface area contributed by atoms with Crippen molar-refractivity contribution in [3.05, 3.63) is 35.4 Å². The summed E-state index contributed by atoms with van der Waals surface area (Å²) in [6, 6.07) is 7.48. The van der Waals surface area contributed by atoms with Gasteiger partial charge in [-0.15, -0.1) is 0 Å². The Balaban J connectivity index is 1.93. The van der Waals surface area contributed by atoms with Gasteiger partial charge in [0.15, 0.2) is 0 Å². The second-order valence-electron chi connectivity index (χ2n) is 5.52. The van der Waals surface area contributed by atoms with Gasteiger partial charge in [-0.05, 0) is 23.5 Å². The molecule has 0 bridgehead atoms. The van der Waals surface area contributed by atoms with Crippen molar-refractivity contribution in [3.8, 4) is 0 Å². The first-order valence-corrected chi connectivity index (χ1v) is 7.16. The van der Waals surface area contributed by atoms with Crippen molar-refractivity contribution in [1.29, 1.82) is 0 Å². The molecule has 1 aliphatic rings. The van der Waals surface area contributed by atoms with Crippen molar-refractivity contribution >= 4 is 11.9 Å². The molecule has 1 aliphatic heterocycles. The normalized spacial score (nSPS) is 18.6. The number of benzene rings is 1. The van der Waals surface area contributed by atoms with Crippen LogP contribution in [0.1, 0.15) is 37.3 Å². The van der Waals surface area contributed by atoms with Gasteiger partial charge in [-0.1, -0.05) is 37.6 Å². The molecule has 1 aromatic carbocycles. The molecular formula is C16H21NO3. The van der Waals surface area contributed by atoms with E-state index in [4.69, 9.17) is 5.11 Å². The summed E-state index contributed by atoms with van der Waals surface area (Å²) in [5.74, 6) is -0.0910. The molecule has 108 valence electrons. The smallest absolute Gasteiger partial charge is 0.307 e. The minimum Gasteiger partial charge on any atom is -0.481 e. The SMILES string of the molecule is CCCC1CC(=O)N(Cc2ccc(CC(=O)O)cc2)C1. The Labute approximate surface area is 119 Å². The first-order chi connectivity index (χ1) is 9.58. The van der Waals surface area contributed by atoms with Crippen LogP contribution < -0.4 is 0 Å². The van der Waals surface area contributed by atoms with Crippen LogP contribution in [0, 0.1) is 5.92 Å². The molecule has 1 aromatic rings. The molecule has 2 rings (SSSR count). The van der Waals surface area contributed by atoms with Crippen molar-refractivity contribution in [3.63, 3.8) is 0 Å². The maximum atomic E-state index is 11.9. The number of carbonyl (C=O) groups excluding carboxylic acids is 1. The number of amides is 1. The Hall–Kier alpha value is -1.84. The van der Waals surface area contributed by atoms with E-state index in [0.29, 0.717) is 18.9 Å². The van der Waals surface area contributed by atoms with Gasteiger partial charge < -0.3 is 10.0 Å². The van der Waals surface area contributed by atoms with Gasteiger partial charge in [0.05, 0.1) is 6.42 Å². The van der Waals surface area contributed by atoms with Crippen molar-refractivity contribution in [2.75, 3.05) is 6.54 Å². The molecular weight excluding hydrogens is 254 g/mol. The van der Waals surface area contributed by atoms with Gasteiger partial charge in [0, 0.05) is 19.5 Å². The molecule has 1 N–H and O–H groups in total. The number of hydrogen-bond donors (Lipinski definition) is 1. The van der Waals surface area contributed by atoms with E-state index in [1.807, 2.05) is 29.2 Å². The van der Waals surface area contributed by atoms with E-state index in [9.17, 15) is 9.59 Å². The van der Waals surface area contributed by atoms with Gasteiger partial charge in [0.1, 0.15) is 0 Å². The number of nitrogens with zero attached hydrogens (tertiary/aromatic N) is 1. The zero-order chi connectivity index (χ0) is 14.5. The molecule has 1 amide bonds. The van der Waals surface area contributed by atoms with Crippen LogP contribution in [-0.4, -0.2) is 28.4 Å². The third-order valence-corrected chi connectivity index (χ3v) is 3.74. The fraction of sp³-hybridized carbons (Fsp3) is 0.500. The summed E-state index contributed by atoms with van der Waals surface area (Å²) in [5.41, 5.74) is 1.85. The van der Waals surface area contributed by atoms with E-state index in [2.05, 4.69) is 6.92 Å². The summed E-state index contributed by atoms with van der Waals surface area (Å²) in [4.78, 5) is 24.5. The first kappa shape index (κ1) is 14.6. The zero-order valence-corrected chi connectivity index (χ0v) is 11.8. The van der Waals surface area contributed by atoms with E-state index in [1.165, 1.54) is 0 Å². The van der Waals surface area contributed by atoms with Crippen LogP contribution >= 0.6 is 0 Å². The van der Waals surface area contributed by atoms with Crippen LogP contribution in [0.15, 0.2) is 24.3 Å². The Bertz CT molecular complexity index is 481. The Morgan fingerprint density at radius 3 is 2.55 bits per heavy atom. The minimum absolute atomic E-state index is 0.0432. The Kier molecular flexibility index (Phi) is 4.77. The highest BCUT2D eigenvalue weighted by Crippen LogP contribution is 2.23. The van der Waals surface area contributed by atoms with Crippen LogP contribution in [0.25, 0.3) is 0 Å². The summed E-state index contributed by atoms with van der Waals surface area (Å²) >= 11 is 0. The number of aliphatic carboxylic acids is 1. The number of carbonyl (C=O) groups is 2. The third-order valence-electron chi connectivity index (χ3n) is 3.74. The van der Waals surface area contributed by atoms with Crippen molar-refractivity contribution in [2.24, 2.45) is 5.92 Å². The van der Waals surface area contributed by atoms with Crippen molar-refractivity contribution < 1.29 is 14.7 Å². The Morgan fingerprint density at radius 2 is 1.95 bits per heavy atom. The molecule has 1 atom stereocenters. The van der Waals surface area contributed by atoms with Crippen LogP contribution in [0.4, 0.5) is 0 Å². The molecule has 0 aliphatic carbocycles. The number of likely N-dealkylation sites (tertiary alicyclic amines) is 1. The number of carboxylic acid groups (broad SMARTS) is 1. The molecule has 1 heterocycles. The van der Waals surface area contributed by atoms with E-state index in [1.54, 1.807) is 0 Å². The largest absolute Gasteiger partial charge is 0.481 e. The number of hydrogen-bond acceptors (Lipinski definition) is 2. The number of rotatable bonds is 6. The molecule has 0 saturated carbocycles. The predicted octanol–water partition coefficient (Wildman–Crippen LogP) is 2.46. The molecule has 0 spiro atoms. The van der Waals surface area contributed by atoms with Gasteiger partial charge in [-0.2, -0.15) is 0 Å². The molecule has 1 saturated heterocycles. The molecule has 4 heteroatoms. The fourth-order valence-corrected chi connectivity index (χ4v) is 2.77. The lowest BCUT2D eigenvalue weighted by Gasteiger charge is -2.16. The van der Waals surface area contributed by atoms with E-state index < -0.39 is 5.97 Å². The highest BCUT2D eigenvalue weighted by molar-refractivity contribution is 5.78. The van der Waals surface area contributed by atoms with E-state index >= 15 is 0 Å². The topological polar surface area (TPSA) is 57.6 Å². The monoisotopic (exact) mass is 275 g/mol. The van der Waals surface area contributed by atoms with Crippen LogP contribution in [-0.2, 0) is 22.6 Å². The molecule has 1 unspecified atom stereocenters. The summed E-state index contributed by atoms with van der Waals surface area (Å²) in [5, 5.41) is 8.73. The standard InChI is InChI=1S/C16H21NO3/c1-2-3-14-8-15(18)17(11-14)10-13-6-4-12(5-7-13)9-16(19)20/h4-7,14H,2-3,8-11H2,1H3,(H,19,20). The van der Waals surface area contributed by atoms with Gasteiger partial charge >= 0.3 is 5.97 Å². The van der Waals surface area contributed by atoms with E-state index in [0.717, 1.165) is 30.5 Å². The van der Waals surface area contributed by atoms with Crippen molar-refractivity contribution in [2.45, 2.75) is 39.2 Å². The van der Waals surface area contributed by atoms with Gasteiger partial charge in [-0.3, -0.25) is 9.59 Å². The molecule has 1 fully saturated rings. The predicted molar refractivity (Wildman–Crippen MR) is 76.2 cm³/mol. The summed E-state index contributed by atoms with van der Waals surface area (Å²) in [6.45, 7) is 3.63. The fourth-order valence-electron chi connectivity index (χ4n) is 2.77. The van der Waals surface area contributed by atoms with Crippen LogP contribution in [0.5, 0.6) is 0 Å². The Morgan fingerprint density at radius 1 is 1.30 bits per heavy atom. The van der Waals surface area contributed by atoms with E-state index in [-0.39, 0.29) is 12.3 Å². The van der Waals surface area contributed by atoms with Gasteiger partial charge in [0.25, 0.3) is 0 Å². The lowest BCUT2D eigenvalue weighted by atomic mass is 10.0. The maximum absolute atomic E-state index is 11.9. The lowest BCUT2D eigenvalue weighted by Crippen LogP contribution is -2.24. The van der Waals surface area contributed by atoms with Crippen molar-refractivity contribution in [1.82, 2.24) is 4.90 Å². The molecule has 20 heavy (non-hydrogen) atoms. The number of carboxylic acids is 1. The minimum atomic E-state index is -0.824. The highest BCUT2D eigenvalue weighted by Gasteiger charge is 2.28. The quantitative estimate of drug-likeness (QED) is 0.867. The van der Waals surface area contributed by atoms with Gasteiger partial charge in [-0.25, -0.2) is 0 Å². The zero-order valence-electron chi connectivity index (χ0n) is 11.8.